The van der Waals surface area contributed by atoms with E-state index in [2.05, 4.69) is 30.3 Å². The summed E-state index contributed by atoms with van der Waals surface area (Å²) < 4.78 is 0. The van der Waals surface area contributed by atoms with Gasteiger partial charge in [-0.3, -0.25) is 4.79 Å². The second-order valence-corrected chi connectivity index (χ2v) is 7.38. The third-order valence-electron chi connectivity index (χ3n) is 6.26. The Hall–Kier alpha value is -1.31. The Morgan fingerprint density at radius 3 is 2.35 bits per heavy atom. The molecule has 4 bridgehead atoms. The van der Waals surface area contributed by atoms with E-state index in [4.69, 9.17) is 0 Å². The summed E-state index contributed by atoms with van der Waals surface area (Å²) in [5.74, 6) is 1.99. The van der Waals surface area contributed by atoms with E-state index in [1.54, 1.807) is 0 Å². The highest BCUT2D eigenvalue weighted by molar-refractivity contribution is 5.67. The molecule has 0 radical (unpaired) electrons. The molecular formula is C18H22O2. The number of aliphatic carboxylic acids is 1. The van der Waals surface area contributed by atoms with Crippen LogP contribution in [0.4, 0.5) is 0 Å². The predicted octanol–water partition coefficient (Wildman–Crippen LogP) is 3.86. The molecule has 4 fully saturated rings. The summed E-state index contributed by atoms with van der Waals surface area (Å²) in [6, 6.07) is 11.0. The molecule has 4 aliphatic carbocycles. The SMILES string of the molecule is O=C(O)CC1C2CC3CC1CC(c1ccccc1)(C3)C2. The molecule has 1 aromatic carbocycles. The molecule has 0 amide bonds. The molecule has 1 N–H and O–H groups in total. The first-order chi connectivity index (χ1) is 9.66. The van der Waals surface area contributed by atoms with Crippen molar-refractivity contribution in [3.8, 4) is 0 Å². The van der Waals surface area contributed by atoms with Gasteiger partial charge in [0, 0.05) is 6.42 Å². The van der Waals surface area contributed by atoms with E-state index in [1.807, 2.05) is 0 Å². The van der Waals surface area contributed by atoms with Gasteiger partial charge in [0.2, 0.25) is 0 Å². The molecule has 2 unspecified atom stereocenters. The minimum absolute atomic E-state index is 0.368. The second-order valence-electron chi connectivity index (χ2n) is 7.38. The van der Waals surface area contributed by atoms with E-state index in [1.165, 1.54) is 37.7 Å². The Labute approximate surface area is 120 Å². The Morgan fingerprint density at radius 2 is 1.75 bits per heavy atom. The van der Waals surface area contributed by atoms with Crippen LogP contribution in [-0.2, 0) is 10.2 Å². The van der Waals surface area contributed by atoms with Crippen molar-refractivity contribution in [2.24, 2.45) is 23.7 Å². The number of rotatable bonds is 3. The van der Waals surface area contributed by atoms with Gasteiger partial charge in [0.1, 0.15) is 0 Å². The van der Waals surface area contributed by atoms with Crippen molar-refractivity contribution < 1.29 is 9.90 Å². The number of carboxylic acids is 1. The topological polar surface area (TPSA) is 37.3 Å². The van der Waals surface area contributed by atoms with Crippen molar-refractivity contribution in [3.63, 3.8) is 0 Å². The van der Waals surface area contributed by atoms with E-state index in [0.29, 0.717) is 29.6 Å². The van der Waals surface area contributed by atoms with E-state index in [-0.39, 0.29) is 0 Å². The highest BCUT2D eigenvalue weighted by atomic mass is 16.4. The summed E-state index contributed by atoms with van der Waals surface area (Å²) in [6.07, 6.45) is 6.74. The van der Waals surface area contributed by atoms with Gasteiger partial charge >= 0.3 is 5.97 Å². The largest absolute Gasteiger partial charge is 0.481 e. The monoisotopic (exact) mass is 270 g/mol. The molecule has 2 heteroatoms. The molecule has 4 saturated carbocycles. The van der Waals surface area contributed by atoms with Crippen molar-refractivity contribution in [2.75, 3.05) is 0 Å². The van der Waals surface area contributed by atoms with Gasteiger partial charge in [-0.25, -0.2) is 0 Å². The van der Waals surface area contributed by atoms with E-state index in [9.17, 15) is 9.90 Å². The fourth-order valence-electron chi connectivity index (χ4n) is 5.81. The summed E-state index contributed by atoms with van der Waals surface area (Å²) in [7, 11) is 0. The molecule has 2 nitrogen and oxygen atoms in total. The molecular weight excluding hydrogens is 248 g/mol. The van der Waals surface area contributed by atoms with Gasteiger partial charge in [0.05, 0.1) is 0 Å². The van der Waals surface area contributed by atoms with Crippen LogP contribution >= 0.6 is 0 Å². The lowest BCUT2D eigenvalue weighted by molar-refractivity contribution is -0.143. The number of hydrogen-bond acceptors (Lipinski definition) is 1. The van der Waals surface area contributed by atoms with Crippen molar-refractivity contribution >= 4 is 5.97 Å². The minimum Gasteiger partial charge on any atom is -0.481 e. The zero-order valence-corrected chi connectivity index (χ0v) is 11.8. The van der Waals surface area contributed by atoms with Crippen LogP contribution in [0.5, 0.6) is 0 Å². The maximum absolute atomic E-state index is 11.1. The van der Waals surface area contributed by atoms with E-state index in [0.717, 1.165) is 5.92 Å². The van der Waals surface area contributed by atoms with Crippen LogP contribution in [0.1, 0.15) is 44.1 Å². The quantitative estimate of drug-likeness (QED) is 0.905. The van der Waals surface area contributed by atoms with E-state index < -0.39 is 5.97 Å². The average Bonchev–Trinajstić information content (AvgIpc) is 2.43. The van der Waals surface area contributed by atoms with Gasteiger partial charge < -0.3 is 5.11 Å². The minimum atomic E-state index is -0.601. The number of carboxylic acid groups (broad SMARTS) is 1. The summed E-state index contributed by atoms with van der Waals surface area (Å²) in [4.78, 5) is 11.1. The molecule has 0 aliphatic heterocycles. The number of benzene rings is 1. The number of hydrogen-bond donors (Lipinski definition) is 1. The summed E-state index contributed by atoms with van der Waals surface area (Å²) in [5, 5.41) is 9.18. The van der Waals surface area contributed by atoms with Crippen LogP contribution in [0.3, 0.4) is 0 Å². The van der Waals surface area contributed by atoms with Crippen molar-refractivity contribution in [1.29, 1.82) is 0 Å². The molecule has 5 rings (SSSR count). The summed E-state index contributed by atoms with van der Waals surface area (Å²) >= 11 is 0. The van der Waals surface area contributed by atoms with Crippen molar-refractivity contribution in [3.05, 3.63) is 35.9 Å². The van der Waals surface area contributed by atoms with Gasteiger partial charge in [-0.1, -0.05) is 30.3 Å². The van der Waals surface area contributed by atoms with E-state index >= 15 is 0 Å². The summed E-state index contributed by atoms with van der Waals surface area (Å²) in [5.41, 5.74) is 1.88. The van der Waals surface area contributed by atoms with Crippen LogP contribution < -0.4 is 0 Å². The van der Waals surface area contributed by atoms with Gasteiger partial charge in [-0.15, -0.1) is 0 Å². The Kier molecular flexibility index (Phi) is 2.70. The van der Waals surface area contributed by atoms with Crippen LogP contribution in [-0.4, -0.2) is 11.1 Å². The zero-order valence-electron chi connectivity index (χ0n) is 11.8. The zero-order chi connectivity index (χ0) is 13.7. The molecule has 20 heavy (non-hydrogen) atoms. The molecule has 0 saturated heterocycles. The first kappa shape index (κ1) is 12.4. The normalized spacial score (nSPS) is 41.8. The average molecular weight is 270 g/mol. The standard InChI is InChI=1S/C18H22O2/c19-17(20)8-16-13-6-12-7-14(16)11-18(9-12,10-13)15-4-2-1-3-5-15/h1-5,12-14,16H,6-11H2,(H,19,20). The van der Waals surface area contributed by atoms with Gasteiger partial charge in [-0.2, -0.15) is 0 Å². The Bertz CT molecular complexity index is 505. The smallest absolute Gasteiger partial charge is 0.303 e. The van der Waals surface area contributed by atoms with Crippen LogP contribution in [0, 0.1) is 23.7 Å². The molecule has 0 spiro atoms. The molecule has 0 heterocycles. The first-order valence-electron chi connectivity index (χ1n) is 7.94. The molecule has 2 atom stereocenters. The lowest BCUT2D eigenvalue weighted by atomic mass is 9.44. The molecule has 106 valence electrons. The molecule has 4 aliphatic rings. The molecule has 1 aromatic rings. The van der Waals surface area contributed by atoms with Gasteiger partial charge in [0.25, 0.3) is 0 Å². The lowest BCUT2D eigenvalue weighted by Gasteiger charge is -2.60. The Morgan fingerprint density at radius 1 is 1.10 bits per heavy atom. The first-order valence-corrected chi connectivity index (χ1v) is 7.94. The molecule has 0 aromatic heterocycles. The van der Waals surface area contributed by atoms with Gasteiger partial charge in [0.15, 0.2) is 0 Å². The highest BCUT2D eigenvalue weighted by Crippen LogP contribution is 2.63. The lowest BCUT2D eigenvalue weighted by Crippen LogP contribution is -2.53. The Balaban J connectivity index is 1.66. The van der Waals surface area contributed by atoms with Crippen LogP contribution in [0.2, 0.25) is 0 Å². The third kappa shape index (κ3) is 1.81. The summed E-state index contributed by atoms with van der Waals surface area (Å²) in [6.45, 7) is 0. The number of carbonyl (C=O) groups is 1. The fourth-order valence-corrected chi connectivity index (χ4v) is 5.81. The third-order valence-corrected chi connectivity index (χ3v) is 6.26. The maximum Gasteiger partial charge on any atom is 0.303 e. The van der Waals surface area contributed by atoms with Crippen molar-refractivity contribution in [1.82, 2.24) is 0 Å². The van der Waals surface area contributed by atoms with Crippen LogP contribution in [0.15, 0.2) is 30.3 Å². The maximum atomic E-state index is 11.1. The highest BCUT2D eigenvalue weighted by Gasteiger charge is 2.55. The van der Waals surface area contributed by atoms with Crippen LogP contribution in [0.25, 0.3) is 0 Å². The fraction of sp³-hybridized carbons (Fsp3) is 0.611. The van der Waals surface area contributed by atoms with Gasteiger partial charge in [-0.05, 0) is 66.8 Å². The van der Waals surface area contributed by atoms with Crippen molar-refractivity contribution in [2.45, 2.75) is 43.9 Å². The predicted molar refractivity (Wildman–Crippen MR) is 77.4 cm³/mol. The second kappa shape index (κ2) is 4.34.